The van der Waals surface area contributed by atoms with Gasteiger partial charge in [-0.25, -0.2) is 0 Å². The molecule has 180 valence electrons. The number of carbonyl (C=O) groups excluding carboxylic acids is 2. The Hall–Kier alpha value is -3.62. The number of anilines is 2. The molecule has 2 amide bonds. The lowest BCUT2D eigenvalue weighted by Crippen LogP contribution is -2.48. The molecule has 1 saturated heterocycles. The summed E-state index contributed by atoms with van der Waals surface area (Å²) in [5.41, 5.74) is 2.96. The molecular weight excluding hydrogens is 484 g/mol. The number of amides is 2. The van der Waals surface area contributed by atoms with Gasteiger partial charge in [-0.2, -0.15) is 0 Å². The zero-order valence-corrected chi connectivity index (χ0v) is 20.7. The molecule has 0 atom stereocenters. The molecule has 1 heterocycles. The minimum absolute atomic E-state index is 0.0287. The zero-order valence-electron chi connectivity index (χ0n) is 19.2. The quantitative estimate of drug-likeness (QED) is 0.496. The molecule has 2 N–H and O–H groups in total. The normalized spacial score (nSPS) is 13.2. The van der Waals surface area contributed by atoms with E-state index in [-0.39, 0.29) is 16.9 Å². The van der Waals surface area contributed by atoms with Gasteiger partial charge < -0.3 is 19.9 Å². The van der Waals surface area contributed by atoms with Crippen LogP contribution in [0.4, 0.5) is 11.4 Å². The van der Waals surface area contributed by atoms with E-state index in [4.69, 9.17) is 28.6 Å². The number of hydrogen-bond donors (Lipinski definition) is 2. The fraction of sp³-hybridized carbons (Fsp3) is 0.192. The summed E-state index contributed by atoms with van der Waals surface area (Å²) in [4.78, 5) is 29.2. The van der Waals surface area contributed by atoms with Crippen LogP contribution in [0.15, 0.2) is 72.8 Å². The van der Waals surface area contributed by atoms with Gasteiger partial charge in [-0.1, -0.05) is 11.6 Å². The van der Waals surface area contributed by atoms with Crippen LogP contribution < -0.4 is 20.3 Å². The maximum atomic E-state index is 12.8. The SMILES string of the molecule is COc1ccc(C(=O)N2CCN(c3ccc(NC(=S)NC(=O)c4ccc(Cl)cc4)cc3)CC2)cc1. The summed E-state index contributed by atoms with van der Waals surface area (Å²) in [6.45, 7) is 2.77. The van der Waals surface area contributed by atoms with Crippen molar-refractivity contribution in [3.05, 3.63) is 88.9 Å². The Labute approximate surface area is 214 Å². The van der Waals surface area contributed by atoms with E-state index in [1.807, 2.05) is 29.2 Å². The first kappa shape index (κ1) is 24.5. The number of piperazine rings is 1. The molecule has 0 aromatic heterocycles. The van der Waals surface area contributed by atoms with Crippen LogP contribution >= 0.6 is 23.8 Å². The lowest BCUT2D eigenvalue weighted by atomic mass is 10.1. The third kappa shape index (κ3) is 6.29. The molecule has 4 rings (SSSR count). The number of methoxy groups -OCH3 is 1. The van der Waals surface area contributed by atoms with Gasteiger partial charge >= 0.3 is 0 Å². The molecule has 0 aliphatic carbocycles. The number of hydrogen-bond acceptors (Lipinski definition) is 5. The summed E-state index contributed by atoms with van der Waals surface area (Å²) in [6.07, 6.45) is 0. The number of nitrogens with one attached hydrogen (secondary N) is 2. The third-order valence-corrected chi connectivity index (χ3v) is 6.18. The van der Waals surface area contributed by atoms with E-state index in [1.54, 1.807) is 55.6 Å². The predicted octanol–water partition coefficient (Wildman–Crippen LogP) is 4.44. The highest BCUT2D eigenvalue weighted by atomic mass is 35.5. The predicted molar refractivity (Wildman–Crippen MR) is 143 cm³/mol. The average Bonchev–Trinajstić information content (AvgIpc) is 2.89. The van der Waals surface area contributed by atoms with Gasteiger partial charge in [0, 0.05) is 53.7 Å². The third-order valence-electron chi connectivity index (χ3n) is 5.73. The van der Waals surface area contributed by atoms with Gasteiger partial charge in [-0.15, -0.1) is 0 Å². The van der Waals surface area contributed by atoms with Crippen LogP contribution in [-0.2, 0) is 0 Å². The highest BCUT2D eigenvalue weighted by Crippen LogP contribution is 2.21. The summed E-state index contributed by atoms with van der Waals surface area (Å²) < 4.78 is 5.16. The first-order valence-electron chi connectivity index (χ1n) is 11.1. The Morgan fingerprint density at radius 3 is 2.06 bits per heavy atom. The van der Waals surface area contributed by atoms with E-state index in [2.05, 4.69) is 15.5 Å². The Balaban J connectivity index is 1.27. The fourth-order valence-electron chi connectivity index (χ4n) is 3.78. The average molecular weight is 509 g/mol. The Bertz CT molecular complexity index is 1190. The second-order valence-corrected chi connectivity index (χ2v) is 8.81. The summed E-state index contributed by atoms with van der Waals surface area (Å²) in [7, 11) is 1.60. The van der Waals surface area contributed by atoms with Crippen LogP contribution in [0.1, 0.15) is 20.7 Å². The molecule has 1 aliphatic heterocycles. The lowest BCUT2D eigenvalue weighted by Gasteiger charge is -2.36. The van der Waals surface area contributed by atoms with Crippen LogP contribution in [0.2, 0.25) is 5.02 Å². The van der Waals surface area contributed by atoms with Crippen LogP contribution in [0.3, 0.4) is 0 Å². The fourth-order valence-corrected chi connectivity index (χ4v) is 4.11. The van der Waals surface area contributed by atoms with Gasteiger partial charge in [-0.05, 0) is 85.0 Å². The number of nitrogens with zero attached hydrogens (tertiary/aromatic N) is 2. The van der Waals surface area contributed by atoms with Gasteiger partial charge in [0.1, 0.15) is 5.75 Å². The van der Waals surface area contributed by atoms with Crippen molar-refractivity contribution in [1.82, 2.24) is 10.2 Å². The van der Waals surface area contributed by atoms with Crippen molar-refractivity contribution < 1.29 is 14.3 Å². The van der Waals surface area contributed by atoms with Crippen LogP contribution in [0, 0.1) is 0 Å². The van der Waals surface area contributed by atoms with Crippen LogP contribution in [0.25, 0.3) is 0 Å². The van der Waals surface area contributed by atoms with Crippen molar-refractivity contribution in [2.45, 2.75) is 0 Å². The van der Waals surface area contributed by atoms with Crippen molar-refractivity contribution in [2.24, 2.45) is 0 Å². The minimum atomic E-state index is -0.308. The van der Waals surface area contributed by atoms with E-state index in [1.165, 1.54) is 0 Å². The molecular formula is C26H25ClN4O3S. The van der Waals surface area contributed by atoms with Gasteiger partial charge in [0.05, 0.1) is 7.11 Å². The molecule has 9 heteroatoms. The number of carbonyl (C=O) groups is 2. The maximum Gasteiger partial charge on any atom is 0.257 e. The highest BCUT2D eigenvalue weighted by molar-refractivity contribution is 7.80. The monoisotopic (exact) mass is 508 g/mol. The van der Waals surface area contributed by atoms with Gasteiger partial charge in [0.15, 0.2) is 5.11 Å². The summed E-state index contributed by atoms with van der Waals surface area (Å²) in [5.74, 6) is 0.452. The first-order chi connectivity index (χ1) is 16.9. The smallest absolute Gasteiger partial charge is 0.257 e. The van der Waals surface area contributed by atoms with Crippen LogP contribution in [-0.4, -0.2) is 55.1 Å². The van der Waals surface area contributed by atoms with Crippen molar-refractivity contribution in [2.75, 3.05) is 43.5 Å². The van der Waals surface area contributed by atoms with Gasteiger partial charge in [0.25, 0.3) is 11.8 Å². The second-order valence-electron chi connectivity index (χ2n) is 7.97. The molecule has 0 radical (unpaired) electrons. The lowest BCUT2D eigenvalue weighted by molar-refractivity contribution is 0.0746. The summed E-state index contributed by atoms with van der Waals surface area (Å²) >= 11 is 11.1. The van der Waals surface area contributed by atoms with Crippen molar-refractivity contribution in [1.29, 1.82) is 0 Å². The van der Waals surface area contributed by atoms with Crippen molar-refractivity contribution in [3.63, 3.8) is 0 Å². The molecule has 1 aliphatic rings. The largest absolute Gasteiger partial charge is 0.497 e. The standard InChI is InChI=1S/C26H25ClN4O3S/c1-34-23-12-4-19(5-13-23)25(33)31-16-14-30(15-17-31)22-10-8-21(9-11-22)28-26(35)29-24(32)18-2-6-20(27)7-3-18/h2-13H,14-17H2,1H3,(H2,28,29,32,35). The second kappa shape index (κ2) is 11.2. The van der Waals surface area contributed by atoms with E-state index in [9.17, 15) is 9.59 Å². The molecule has 3 aromatic rings. The minimum Gasteiger partial charge on any atom is -0.497 e. The van der Waals surface area contributed by atoms with Crippen molar-refractivity contribution in [3.8, 4) is 5.75 Å². The molecule has 0 bridgehead atoms. The topological polar surface area (TPSA) is 73.9 Å². The molecule has 0 saturated carbocycles. The van der Waals surface area contributed by atoms with E-state index in [0.29, 0.717) is 29.2 Å². The molecule has 7 nitrogen and oxygen atoms in total. The van der Waals surface area contributed by atoms with Gasteiger partial charge in [0.2, 0.25) is 0 Å². The number of benzene rings is 3. The Morgan fingerprint density at radius 1 is 0.857 bits per heavy atom. The number of thiocarbonyl (C=S) groups is 1. The number of ether oxygens (including phenoxy) is 1. The van der Waals surface area contributed by atoms with E-state index >= 15 is 0 Å². The number of rotatable bonds is 5. The molecule has 0 spiro atoms. The zero-order chi connectivity index (χ0) is 24.8. The van der Waals surface area contributed by atoms with Crippen molar-refractivity contribution >= 4 is 52.1 Å². The van der Waals surface area contributed by atoms with E-state index < -0.39 is 0 Å². The van der Waals surface area contributed by atoms with Gasteiger partial charge in [-0.3, -0.25) is 14.9 Å². The molecule has 35 heavy (non-hydrogen) atoms. The Kier molecular flexibility index (Phi) is 7.84. The molecule has 1 fully saturated rings. The van der Waals surface area contributed by atoms with Crippen LogP contribution in [0.5, 0.6) is 5.75 Å². The summed E-state index contributed by atoms with van der Waals surface area (Å²) in [5, 5.41) is 6.46. The molecule has 0 unspecified atom stereocenters. The first-order valence-corrected chi connectivity index (χ1v) is 11.9. The molecule has 3 aromatic carbocycles. The number of halogens is 1. The Morgan fingerprint density at radius 2 is 1.46 bits per heavy atom. The van der Waals surface area contributed by atoms with E-state index in [0.717, 1.165) is 30.2 Å². The summed E-state index contributed by atoms with van der Waals surface area (Å²) in [6, 6.07) is 21.6. The highest BCUT2D eigenvalue weighted by Gasteiger charge is 2.22. The maximum absolute atomic E-state index is 12.8.